The molecule has 1 saturated heterocycles. The smallest absolute Gasteiger partial charge is 0.328 e. The highest BCUT2D eigenvalue weighted by molar-refractivity contribution is 5.85. The second kappa shape index (κ2) is 7.96. The molecule has 0 radical (unpaired) electrons. The lowest BCUT2D eigenvalue weighted by molar-refractivity contribution is -0.131. The number of carbonyl (C=O) groups is 1. The van der Waals surface area contributed by atoms with Gasteiger partial charge in [0.1, 0.15) is 0 Å². The van der Waals surface area contributed by atoms with Gasteiger partial charge in [0, 0.05) is 25.3 Å². The van der Waals surface area contributed by atoms with Gasteiger partial charge in [0.15, 0.2) is 0 Å². The lowest BCUT2D eigenvalue weighted by atomic mass is 9.97. The Hall–Kier alpha value is -1.65. The summed E-state index contributed by atoms with van der Waals surface area (Å²) in [5.41, 5.74) is 2.09. The number of carboxylic acid groups (broad SMARTS) is 1. The van der Waals surface area contributed by atoms with Crippen molar-refractivity contribution in [2.45, 2.75) is 38.3 Å². The van der Waals surface area contributed by atoms with Crippen LogP contribution in [0.2, 0.25) is 0 Å². The molecule has 1 aliphatic rings. The van der Waals surface area contributed by atoms with Crippen molar-refractivity contribution in [2.75, 3.05) is 13.2 Å². The van der Waals surface area contributed by atoms with Crippen LogP contribution >= 0.6 is 0 Å². The van der Waals surface area contributed by atoms with Crippen molar-refractivity contribution >= 4 is 12.0 Å². The van der Waals surface area contributed by atoms with E-state index in [0.29, 0.717) is 6.04 Å². The number of benzene rings is 1. The summed E-state index contributed by atoms with van der Waals surface area (Å²) in [5.74, 6) is -0.930. The third-order valence-electron chi connectivity index (χ3n) is 4.05. The Kier molecular flexibility index (Phi) is 5.96. The van der Waals surface area contributed by atoms with Gasteiger partial charge in [-0.1, -0.05) is 30.7 Å². The number of piperidine rings is 1. The zero-order chi connectivity index (χ0) is 15.1. The second-order valence-electron chi connectivity index (χ2n) is 5.50. The number of aliphatic carboxylic acids is 1. The van der Waals surface area contributed by atoms with E-state index in [1.54, 1.807) is 6.08 Å². The van der Waals surface area contributed by atoms with Gasteiger partial charge in [-0.3, -0.25) is 4.90 Å². The summed E-state index contributed by atoms with van der Waals surface area (Å²) < 4.78 is 0. The molecule has 1 aromatic rings. The highest BCUT2D eigenvalue weighted by Crippen LogP contribution is 2.23. The van der Waals surface area contributed by atoms with Gasteiger partial charge in [-0.15, -0.1) is 0 Å². The van der Waals surface area contributed by atoms with Crippen molar-refractivity contribution in [3.05, 3.63) is 41.5 Å². The average Bonchev–Trinajstić information content (AvgIpc) is 2.48. The number of rotatable bonds is 6. The van der Waals surface area contributed by atoms with Crippen LogP contribution in [-0.4, -0.2) is 40.3 Å². The van der Waals surface area contributed by atoms with E-state index in [4.69, 9.17) is 5.11 Å². The number of carboxylic acids is 1. The summed E-state index contributed by atoms with van der Waals surface area (Å²) in [6, 6.07) is 8.33. The summed E-state index contributed by atoms with van der Waals surface area (Å²) in [6.45, 7) is 2.08. The largest absolute Gasteiger partial charge is 0.478 e. The third-order valence-corrected chi connectivity index (χ3v) is 4.05. The van der Waals surface area contributed by atoms with Crippen LogP contribution in [0.4, 0.5) is 0 Å². The van der Waals surface area contributed by atoms with Crippen LogP contribution in [0.1, 0.15) is 36.8 Å². The molecule has 0 aliphatic carbocycles. The molecule has 1 fully saturated rings. The highest BCUT2D eigenvalue weighted by atomic mass is 16.4. The van der Waals surface area contributed by atoms with Crippen LogP contribution in [0.25, 0.3) is 6.08 Å². The summed E-state index contributed by atoms with van der Waals surface area (Å²) in [6.07, 6.45) is 7.19. The van der Waals surface area contributed by atoms with Crippen LogP contribution in [-0.2, 0) is 11.3 Å². The van der Waals surface area contributed by atoms with E-state index in [9.17, 15) is 9.90 Å². The number of nitrogens with zero attached hydrogens (tertiary/aromatic N) is 1. The second-order valence-corrected chi connectivity index (χ2v) is 5.50. The number of aliphatic hydroxyl groups is 1. The molecule has 0 spiro atoms. The van der Waals surface area contributed by atoms with Gasteiger partial charge >= 0.3 is 5.97 Å². The zero-order valence-corrected chi connectivity index (χ0v) is 12.2. The first-order chi connectivity index (χ1) is 10.2. The van der Waals surface area contributed by atoms with E-state index in [-0.39, 0.29) is 6.61 Å². The van der Waals surface area contributed by atoms with Crippen molar-refractivity contribution in [3.63, 3.8) is 0 Å². The van der Waals surface area contributed by atoms with Crippen LogP contribution in [0.3, 0.4) is 0 Å². The molecule has 4 nitrogen and oxygen atoms in total. The molecule has 1 unspecified atom stereocenters. The van der Waals surface area contributed by atoms with E-state index in [1.807, 2.05) is 24.3 Å². The highest BCUT2D eigenvalue weighted by Gasteiger charge is 2.22. The van der Waals surface area contributed by atoms with Gasteiger partial charge in [-0.05, 0) is 43.0 Å². The molecule has 0 amide bonds. The SMILES string of the molecule is O=C(O)C=Cc1ccccc1CN1CCCCC1CCO. The molecule has 0 bridgehead atoms. The van der Waals surface area contributed by atoms with Crippen molar-refractivity contribution in [2.24, 2.45) is 0 Å². The molecule has 0 aromatic heterocycles. The number of hydrogen-bond donors (Lipinski definition) is 2. The van der Waals surface area contributed by atoms with Gasteiger partial charge in [0.05, 0.1) is 0 Å². The summed E-state index contributed by atoms with van der Waals surface area (Å²) >= 11 is 0. The topological polar surface area (TPSA) is 60.8 Å². The Bertz CT molecular complexity index is 497. The molecule has 21 heavy (non-hydrogen) atoms. The number of likely N-dealkylation sites (tertiary alicyclic amines) is 1. The number of hydrogen-bond acceptors (Lipinski definition) is 3. The molecule has 1 aliphatic heterocycles. The molecule has 2 N–H and O–H groups in total. The van der Waals surface area contributed by atoms with Gasteiger partial charge in [0.25, 0.3) is 0 Å². The van der Waals surface area contributed by atoms with Crippen LogP contribution in [0.15, 0.2) is 30.3 Å². The summed E-state index contributed by atoms with van der Waals surface area (Å²) in [4.78, 5) is 13.1. The van der Waals surface area contributed by atoms with E-state index in [2.05, 4.69) is 4.90 Å². The predicted octanol–water partition coefficient (Wildman–Crippen LogP) is 2.52. The maximum Gasteiger partial charge on any atom is 0.328 e. The van der Waals surface area contributed by atoms with E-state index in [1.165, 1.54) is 18.9 Å². The maximum atomic E-state index is 10.7. The van der Waals surface area contributed by atoms with Crippen LogP contribution in [0, 0.1) is 0 Å². The van der Waals surface area contributed by atoms with Crippen molar-refractivity contribution in [1.29, 1.82) is 0 Å². The average molecular weight is 289 g/mol. The van der Waals surface area contributed by atoms with Crippen LogP contribution < -0.4 is 0 Å². The molecule has 1 heterocycles. The van der Waals surface area contributed by atoms with E-state index >= 15 is 0 Å². The number of aliphatic hydroxyl groups excluding tert-OH is 1. The van der Waals surface area contributed by atoms with Gasteiger partial charge in [-0.25, -0.2) is 4.79 Å². The fraction of sp³-hybridized carbons (Fsp3) is 0.471. The first-order valence-corrected chi connectivity index (χ1v) is 7.54. The zero-order valence-electron chi connectivity index (χ0n) is 12.2. The monoisotopic (exact) mass is 289 g/mol. The first kappa shape index (κ1) is 15.7. The molecule has 1 aromatic carbocycles. The minimum absolute atomic E-state index is 0.224. The Morgan fingerprint density at radius 1 is 1.33 bits per heavy atom. The minimum Gasteiger partial charge on any atom is -0.478 e. The Balaban J connectivity index is 2.12. The fourth-order valence-corrected chi connectivity index (χ4v) is 2.96. The fourth-order valence-electron chi connectivity index (χ4n) is 2.96. The van der Waals surface area contributed by atoms with Crippen molar-refractivity contribution < 1.29 is 15.0 Å². The predicted molar refractivity (Wildman–Crippen MR) is 82.9 cm³/mol. The van der Waals surface area contributed by atoms with Gasteiger partial charge < -0.3 is 10.2 Å². The molecular weight excluding hydrogens is 266 g/mol. The quantitative estimate of drug-likeness (QED) is 0.790. The Labute approximate surface area is 125 Å². The Morgan fingerprint density at radius 3 is 2.90 bits per heavy atom. The minimum atomic E-state index is -0.930. The standard InChI is InChI=1S/C17H23NO3/c19-12-10-16-7-3-4-11-18(16)13-15-6-2-1-5-14(15)8-9-17(20)21/h1-2,5-6,8-9,16,19H,3-4,7,10-13H2,(H,20,21). The molecule has 4 heteroatoms. The lowest BCUT2D eigenvalue weighted by Gasteiger charge is -2.35. The van der Waals surface area contributed by atoms with Crippen LogP contribution in [0.5, 0.6) is 0 Å². The maximum absolute atomic E-state index is 10.7. The first-order valence-electron chi connectivity index (χ1n) is 7.54. The molecule has 2 rings (SSSR count). The lowest BCUT2D eigenvalue weighted by Crippen LogP contribution is -2.39. The molecular formula is C17H23NO3. The van der Waals surface area contributed by atoms with Crippen molar-refractivity contribution in [3.8, 4) is 0 Å². The van der Waals surface area contributed by atoms with Crippen molar-refractivity contribution in [1.82, 2.24) is 4.90 Å². The Morgan fingerprint density at radius 2 is 2.14 bits per heavy atom. The summed E-state index contributed by atoms with van der Waals surface area (Å²) in [7, 11) is 0. The van der Waals surface area contributed by atoms with E-state index < -0.39 is 5.97 Å². The molecule has 114 valence electrons. The van der Waals surface area contributed by atoms with Gasteiger partial charge in [0.2, 0.25) is 0 Å². The van der Waals surface area contributed by atoms with Gasteiger partial charge in [-0.2, -0.15) is 0 Å². The van der Waals surface area contributed by atoms with E-state index in [0.717, 1.165) is 37.1 Å². The summed E-state index contributed by atoms with van der Waals surface area (Å²) in [5, 5.41) is 18.0. The molecule has 1 atom stereocenters. The molecule has 0 saturated carbocycles. The normalized spacial score (nSPS) is 20.0. The third kappa shape index (κ3) is 4.69.